The summed E-state index contributed by atoms with van der Waals surface area (Å²) >= 11 is 5.95. The lowest BCUT2D eigenvalue weighted by atomic mass is 9.99. The third kappa shape index (κ3) is 3.19. The van der Waals surface area contributed by atoms with Crippen LogP contribution in [0.5, 0.6) is 5.75 Å². The van der Waals surface area contributed by atoms with Crippen molar-refractivity contribution in [3.8, 4) is 5.75 Å². The molecule has 0 amide bonds. The van der Waals surface area contributed by atoms with Crippen LogP contribution in [0, 0.1) is 5.41 Å². The van der Waals surface area contributed by atoms with E-state index in [2.05, 4.69) is 5.32 Å². The molecule has 2 rings (SSSR count). The minimum atomic E-state index is -0.791. The number of nitrogens with one attached hydrogen (secondary N) is 1. The minimum Gasteiger partial charge on any atom is -0.495 e. The molecule has 1 atom stereocenters. The summed E-state index contributed by atoms with van der Waals surface area (Å²) in [4.78, 5) is 11.3. The van der Waals surface area contributed by atoms with Crippen molar-refractivity contribution in [2.24, 2.45) is 5.41 Å². The number of aliphatic carboxylic acids is 1. The number of halogens is 1. The number of ether oxygens (including phenoxy) is 1. The van der Waals surface area contributed by atoms with E-state index in [1.54, 1.807) is 13.2 Å². The molecule has 1 aromatic carbocycles. The van der Waals surface area contributed by atoms with Crippen molar-refractivity contribution in [3.63, 3.8) is 0 Å². The topological polar surface area (TPSA) is 58.6 Å². The molecule has 0 saturated heterocycles. The Labute approximate surface area is 117 Å². The summed E-state index contributed by atoms with van der Waals surface area (Å²) in [5.41, 5.74) is 0.847. The molecule has 1 aliphatic rings. The average molecular weight is 284 g/mol. The molecule has 0 heterocycles. The first-order chi connectivity index (χ1) is 8.96. The van der Waals surface area contributed by atoms with Gasteiger partial charge in [-0.25, -0.2) is 0 Å². The van der Waals surface area contributed by atoms with Gasteiger partial charge in [-0.15, -0.1) is 0 Å². The number of methoxy groups -OCH3 is 1. The van der Waals surface area contributed by atoms with Gasteiger partial charge in [0.05, 0.1) is 12.1 Å². The van der Waals surface area contributed by atoms with Gasteiger partial charge in [0.2, 0.25) is 0 Å². The van der Waals surface area contributed by atoms with Crippen molar-refractivity contribution < 1.29 is 14.6 Å². The van der Waals surface area contributed by atoms with Crippen molar-refractivity contribution in [1.82, 2.24) is 5.32 Å². The van der Waals surface area contributed by atoms with E-state index >= 15 is 0 Å². The highest BCUT2D eigenvalue weighted by molar-refractivity contribution is 6.32. The monoisotopic (exact) mass is 283 g/mol. The standard InChI is InChI=1S/C14H18ClNO3/c1-14(5-6-14)12(13(17)18)16-8-9-3-4-10(15)11(7-9)19-2/h3-4,7,12,16H,5-6,8H2,1-2H3,(H,17,18). The molecule has 1 fully saturated rings. The summed E-state index contributed by atoms with van der Waals surface area (Å²) in [6.45, 7) is 2.49. The molecule has 5 heteroatoms. The quantitative estimate of drug-likeness (QED) is 0.843. The van der Waals surface area contributed by atoms with Crippen molar-refractivity contribution >= 4 is 17.6 Å². The first-order valence-corrected chi connectivity index (χ1v) is 6.63. The fraction of sp³-hybridized carbons (Fsp3) is 0.500. The Hall–Kier alpha value is -1.26. The number of carboxylic acid groups (broad SMARTS) is 1. The van der Waals surface area contributed by atoms with E-state index in [1.165, 1.54) is 0 Å². The molecule has 1 aromatic rings. The molecule has 0 aromatic heterocycles. The molecule has 0 bridgehead atoms. The Morgan fingerprint density at radius 1 is 1.58 bits per heavy atom. The summed E-state index contributed by atoms with van der Waals surface area (Å²) in [6, 6.07) is 4.94. The van der Waals surface area contributed by atoms with E-state index in [9.17, 15) is 9.90 Å². The SMILES string of the molecule is COc1cc(CNC(C(=O)O)C2(C)CC2)ccc1Cl. The molecule has 0 aliphatic heterocycles. The molecule has 1 unspecified atom stereocenters. The zero-order valence-corrected chi connectivity index (χ0v) is 11.8. The van der Waals surface area contributed by atoms with Crippen molar-refractivity contribution in [1.29, 1.82) is 0 Å². The number of benzene rings is 1. The van der Waals surface area contributed by atoms with E-state index in [4.69, 9.17) is 16.3 Å². The maximum absolute atomic E-state index is 11.3. The van der Waals surface area contributed by atoms with Gasteiger partial charge in [-0.1, -0.05) is 24.6 Å². The van der Waals surface area contributed by atoms with Gasteiger partial charge >= 0.3 is 5.97 Å². The second kappa shape index (κ2) is 5.39. The smallest absolute Gasteiger partial charge is 0.321 e. The lowest BCUT2D eigenvalue weighted by molar-refractivity contribution is -0.141. The number of carboxylic acids is 1. The maximum atomic E-state index is 11.3. The van der Waals surface area contributed by atoms with Gasteiger partial charge < -0.3 is 9.84 Å². The molecule has 0 spiro atoms. The molecular weight excluding hydrogens is 266 g/mol. The van der Waals surface area contributed by atoms with Gasteiger partial charge in [-0.05, 0) is 36.0 Å². The maximum Gasteiger partial charge on any atom is 0.321 e. The molecule has 1 aliphatic carbocycles. The Bertz CT molecular complexity index is 486. The van der Waals surface area contributed by atoms with E-state index < -0.39 is 12.0 Å². The first kappa shape index (κ1) is 14.2. The largest absolute Gasteiger partial charge is 0.495 e. The Balaban J connectivity index is 2.03. The van der Waals surface area contributed by atoms with E-state index in [-0.39, 0.29) is 5.41 Å². The summed E-state index contributed by atoms with van der Waals surface area (Å²) in [6.07, 6.45) is 1.92. The van der Waals surface area contributed by atoms with Crippen LogP contribution in [0.3, 0.4) is 0 Å². The van der Waals surface area contributed by atoms with Crippen molar-refractivity contribution in [3.05, 3.63) is 28.8 Å². The van der Waals surface area contributed by atoms with E-state index in [1.807, 2.05) is 19.1 Å². The molecular formula is C14H18ClNO3. The third-order valence-electron chi connectivity index (χ3n) is 3.71. The van der Waals surface area contributed by atoms with E-state index in [0.717, 1.165) is 18.4 Å². The highest BCUT2D eigenvalue weighted by Crippen LogP contribution is 2.48. The summed E-state index contributed by atoms with van der Waals surface area (Å²) in [5, 5.41) is 12.9. The molecule has 2 N–H and O–H groups in total. The van der Waals surface area contributed by atoms with Crippen LogP contribution in [0.1, 0.15) is 25.3 Å². The van der Waals surface area contributed by atoms with Gasteiger partial charge in [-0.3, -0.25) is 10.1 Å². The predicted octanol–water partition coefficient (Wildman–Crippen LogP) is 2.69. The lowest BCUT2D eigenvalue weighted by Crippen LogP contribution is -2.42. The van der Waals surface area contributed by atoms with Crippen LogP contribution in [-0.2, 0) is 11.3 Å². The number of rotatable bonds is 6. The normalized spacial score (nSPS) is 17.8. The van der Waals surface area contributed by atoms with Gasteiger partial charge in [-0.2, -0.15) is 0 Å². The fourth-order valence-electron chi connectivity index (χ4n) is 2.15. The van der Waals surface area contributed by atoms with Gasteiger partial charge in [0.1, 0.15) is 11.8 Å². The first-order valence-electron chi connectivity index (χ1n) is 6.25. The molecule has 104 valence electrons. The Kier molecular flexibility index (Phi) is 4.02. The Morgan fingerprint density at radius 3 is 2.79 bits per heavy atom. The van der Waals surface area contributed by atoms with Crippen LogP contribution in [0.2, 0.25) is 5.02 Å². The average Bonchev–Trinajstić information content (AvgIpc) is 3.09. The zero-order valence-electron chi connectivity index (χ0n) is 11.1. The summed E-state index contributed by atoms with van der Waals surface area (Å²) < 4.78 is 5.14. The molecule has 4 nitrogen and oxygen atoms in total. The minimum absolute atomic E-state index is 0.109. The zero-order chi connectivity index (χ0) is 14.0. The lowest BCUT2D eigenvalue weighted by Gasteiger charge is -2.20. The number of carbonyl (C=O) groups is 1. The molecule has 1 saturated carbocycles. The second-order valence-corrected chi connectivity index (χ2v) is 5.68. The van der Waals surface area contributed by atoms with Gasteiger partial charge in [0, 0.05) is 6.54 Å². The van der Waals surface area contributed by atoms with Crippen LogP contribution in [-0.4, -0.2) is 24.2 Å². The summed E-state index contributed by atoms with van der Waals surface area (Å²) in [7, 11) is 1.56. The highest BCUT2D eigenvalue weighted by Gasteiger charge is 2.48. The van der Waals surface area contributed by atoms with Crippen LogP contribution in [0.4, 0.5) is 0 Å². The molecule has 19 heavy (non-hydrogen) atoms. The second-order valence-electron chi connectivity index (χ2n) is 5.28. The van der Waals surface area contributed by atoms with Gasteiger partial charge in [0.15, 0.2) is 0 Å². The number of hydrogen-bond acceptors (Lipinski definition) is 3. The van der Waals surface area contributed by atoms with Crippen molar-refractivity contribution in [2.75, 3.05) is 7.11 Å². The van der Waals surface area contributed by atoms with Crippen molar-refractivity contribution in [2.45, 2.75) is 32.4 Å². The van der Waals surface area contributed by atoms with E-state index in [0.29, 0.717) is 17.3 Å². The van der Waals surface area contributed by atoms with Crippen LogP contribution < -0.4 is 10.1 Å². The number of hydrogen-bond donors (Lipinski definition) is 2. The highest BCUT2D eigenvalue weighted by atomic mass is 35.5. The van der Waals surface area contributed by atoms with Gasteiger partial charge in [0.25, 0.3) is 0 Å². The predicted molar refractivity (Wildman–Crippen MR) is 73.6 cm³/mol. The summed E-state index contributed by atoms with van der Waals surface area (Å²) in [5.74, 6) is -0.189. The van der Waals surface area contributed by atoms with Crippen LogP contribution in [0.25, 0.3) is 0 Å². The third-order valence-corrected chi connectivity index (χ3v) is 4.02. The van der Waals surface area contributed by atoms with Crippen LogP contribution in [0.15, 0.2) is 18.2 Å². The fourth-order valence-corrected chi connectivity index (χ4v) is 2.35. The van der Waals surface area contributed by atoms with Crippen LogP contribution >= 0.6 is 11.6 Å². The molecule has 0 radical (unpaired) electrons. The Morgan fingerprint density at radius 2 is 2.26 bits per heavy atom.